The standard InChI is InChI=1S/C21H20N4O4S/c1-14(26)22-11-3-4-15-7-9-16(10-8-15)19-13-30-21(23-19)24-20(27)17-5-2-6-18(12-17)25(28)29/h2,5-10,12-13H,3-4,11H2,1H3,(H,22,26)(H,23,24,27). The first kappa shape index (κ1) is 21.1. The molecule has 0 atom stereocenters. The van der Waals surface area contributed by atoms with Crippen LogP contribution < -0.4 is 10.6 Å². The van der Waals surface area contributed by atoms with Crippen molar-refractivity contribution in [2.24, 2.45) is 0 Å². The van der Waals surface area contributed by atoms with Crippen molar-refractivity contribution in [3.05, 3.63) is 75.2 Å². The highest BCUT2D eigenvalue weighted by atomic mass is 32.1. The molecule has 0 aliphatic rings. The number of amides is 2. The minimum Gasteiger partial charge on any atom is -0.356 e. The second kappa shape index (κ2) is 9.75. The molecule has 0 saturated heterocycles. The van der Waals surface area contributed by atoms with Gasteiger partial charge in [0.2, 0.25) is 5.91 Å². The molecular weight excluding hydrogens is 404 g/mol. The summed E-state index contributed by atoms with van der Waals surface area (Å²) in [6.07, 6.45) is 1.73. The molecule has 0 aliphatic carbocycles. The Kier molecular flexibility index (Phi) is 6.87. The van der Waals surface area contributed by atoms with Crippen molar-refractivity contribution in [2.45, 2.75) is 19.8 Å². The third-order valence-corrected chi connectivity index (χ3v) is 5.07. The first-order valence-electron chi connectivity index (χ1n) is 9.27. The van der Waals surface area contributed by atoms with Crippen LogP contribution in [0.4, 0.5) is 10.8 Å². The minimum atomic E-state index is -0.540. The Morgan fingerprint density at radius 1 is 1.17 bits per heavy atom. The van der Waals surface area contributed by atoms with Gasteiger partial charge in [-0.2, -0.15) is 0 Å². The summed E-state index contributed by atoms with van der Waals surface area (Å²) in [7, 11) is 0. The molecule has 0 saturated carbocycles. The van der Waals surface area contributed by atoms with E-state index in [1.54, 1.807) is 0 Å². The molecular formula is C21H20N4O4S. The van der Waals surface area contributed by atoms with Gasteiger partial charge >= 0.3 is 0 Å². The predicted octanol–water partition coefficient (Wildman–Crippen LogP) is 4.04. The summed E-state index contributed by atoms with van der Waals surface area (Å²) in [6.45, 7) is 2.15. The van der Waals surface area contributed by atoms with E-state index in [0.29, 0.717) is 11.7 Å². The average Bonchev–Trinajstić information content (AvgIpc) is 3.20. The van der Waals surface area contributed by atoms with Crippen molar-refractivity contribution in [1.29, 1.82) is 0 Å². The lowest BCUT2D eigenvalue weighted by Crippen LogP contribution is -2.21. The van der Waals surface area contributed by atoms with Crippen LogP contribution in [0.3, 0.4) is 0 Å². The van der Waals surface area contributed by atoms with Crippen molar-refractivity contribution in [3.63, 3.8) is 0 Å². The van der Waals surface area contributed by atoms with Crippen LogP contribution in [0.5, 0.6) is 0 Å². The fourth-order valence-electron chi connectivity index (χ4n) is 2.79. The molecule has 0 aliphatic heterocycles. The number of aryl methyl sites for hydroxylation is 1. The molecule has 2 N–H and O–H groups in total. The third kappa shape index (κ3) is 5.71. The number of anilines is 1. The summed E-state index contributed by atoms with van der Waals surface area (Å²) in [5.41, 5.74) is 2.88. The zero-order valence-electron chi connectivity index (χ0n) is 16.3. The molecule has 8 nitrogen and oxygen atoms in total. The summed E-state index contributed by atoms with van der Waals surface area (Å²) in [4.78, 5) is 38.0. The maximum absolute atomic E-state index is 12.4. The topological polar surface area (TPSA) is 114 Å². The summed E-state index contributed by atoms with van der Waals surface area (Å²) in [6, 6.07) is 13.5. The number of nitrogens with one attached hydrogen (secondary N) is 2. The zero-order chi connectivity index (χ0) is 21.5. The van der Waals surface area contributed by atoms with Crippen molar-refractivity contribution < 1.29 is 14.5 Å². The second-order valence-corrected chi connectivity index (χ2v) is 7.44. The molecule has 0 fully saturated rings. The Labute approximate surface area is 177 Å². The Morgan fingerprint density at radius 3 is 2.63 bits per heavy atom. The molecule has 2 amide bonds. The number of nitro groups is 1. The molecule has 0 unspecified atom stereocenters. The summed E-state index contributed by atoms with van der Waals surface area (Å²) < 4.78 is 0. The lowest BCUT2D eigenvalue weighted by Gasteiger charge is -2.04. The maximum Gasteiger partial charge on any atom is 0.270 e. The minimum absolute atomic E-state index is 0.0257. The van der Waals surface area contributed by atoms with E-state index in [9.17, 15) is 19.7 Å². The van der Waals surface area contributed by atoms with Gasteiger partial charge in [0.25, 0.3) is 11.6 Å². The van der Waals surface area contributed by atoms with Crippen LogP contribution in [0.1, 0.15) is 29.3 Å². The van der Waals surface area contributed by atoms with Gasteiger partial charge < -0.3 is 5.32 Å². The number of carbonyl (C=O) groups is 2. The van der Waals surface area contributed by atoms with Gasteiger partial charge in [-0.25, -0.2) is 4.98 Å². The van der Waals surface area contributed by atoms with Crippen LogP contribution in [-0.4, -0.2) is 28.3 Å². The number of carbonyl (C=O) groups excluding carboxylic acids is 2. The molecule has 1 heterocycles. The van der Waals surface area contributed by atoms with Crippen molar-refractivity contribution in [3.8, 4) is 11.3 Å². The molecule has 1 aromatic heterocycles. The highest BCUT2D eigenvalue weighted by Gasteiger charge is 2.13. The number of hydrogen-bond acceptors (Lipinski definition) is 6. The van der Waals surface area contributed by atoms with Gasteiger partial charge in [-0.05, 0) is 24.5 Å². The maximum atomic E-state index is 12.4. The highest BCUT2D eigenvalue weighted by molar-refractivity contribution is 7.14. The number of benzene rings is 2. The normalized spacial score (nSPS) is 10.4. The van der Waals surface area contributed by atoms with Crippen LogP contribution in [0, 0.1) is 10.1 Å². The number of hydrogen-bond donors (Lipinski definition) is 2. The van der Waals surface area contributed by atoms with Crippen LogP contribution >= 0.6 is 11.3 Å². The number of nitro benzene ring substituents is 1. The summed E-state index contributed by atoms with van der Waals surface area (Å²) >= 11 is 1.28. The van der Waals surface area contributed by atoms with Gasteiger partial charge in [-0.15, -0.1) is 11.3 Å². The fraction of sp³-hybridized carbons (Fsp3) is 0.190. The Balaban J connectivity index is 1.60. The Hall–Kier alpha value is -3.59. The van der Waals surface area contributed by atoms with Crippen LogP contribution in [0.25, 0.3) is 11.3 Å². The van der Waals surface area contributed by atoms with E-state index in [-0.39, 0.29) is 17.2 Å². The number of thiazole rings is 1. The molecule has 0 bridgehead atoms. The van der Waals surface area contributed by atoms with Crippen LogP contribution in [-0.2, 0) is 11.2 Å². The van der Waals surface area contributed by atoms with Crippen molar-refractivity contribution in [2.75, 3.05) is 11.9 Å². The molecule has 3 aromatic rings. The van der Waals surface area contributed by atoms with E-state index < -0.39 is 10.8 Å². The molecule has 0 spiro atoms. The number of rotatable bonds is 8. The molecule has 0 radical (unpaired) electrons. The Bertz CT molecular complexity index is 1060. The van der Waals surface area contributed by atoms with E-state index in [1.807, 2.05) is 29.6 Å². The van der Waals surface area contributed by atoms with E-state index in [0.717, 1.165) is 24.1 Å². The quantitative estimate of drug-likeness (QED) is 0.322. The van der Waals surface area contributed by atoms with E-state index in [1.165, 1.54) is 48.1 Å². The SMILES string of the molecule is CC(=O)NCCCc1ccc(-c2csc(NC(=O)c3cccc([N+](=O)[O-])c3)n2)cc1. The first-order valence-corrected chi connectivity index (χ1v) is 10.2. The third-order valence-electron chi connectivity index (χ3n) is 4.31. The smallest absolute Gasteiger partial charge is 0.270 e. The second-order valence-electron chi connectivity index (χ2n) is 6.58. The van der Waals surface area contributed by atoms with Gasteiger partial charge in [0, 0.05) is 42.1 Å². The number of non-ortho nitro benzene ring substituents is 1. The lowest BCUT2D eigenvalue weighted by molar-refractivity contribution is -0.384. The number of aromatic nitrogens is 1. The van der Waals surface area contributed by atoms with Crippen LogP contribution in [0.2, 0.25) is 0 Å². The summed E-state index contributed by atoms with van der Waals surface area (Å²) in [5.74, 6) is -0.476. The van der Waals surface area contributed by atoms with Gasteiger partial charge in [0.05, 0.1) is 10.6 Å². The van der Waals surface area contributed by atoms with Crippen molar-refractivity contribution in [1.82, 2.24) is 10.3 Å². The average molecular weight is 424 g/mol. The molecule has 30 heavy (non-hydrogen) atoms. The van der Waals surface area contributed by atoms with Gasteiger partial charge in [-0.3, -0.25) is 25.0 Å². The van der Waals surface area contributed by atoms with E-state index >= 15 is 0 Å². The summed E-state index contributed by atoms with van der Waals surface area (Å²) in [5, 5.41) is 18.6. The van der Waals surface area contributed by atoms with Gasteiger partial charge in [-0.1, -0.05) is 30.3 Å². The number of nitrogens with zero attached hydrogens (tertiary/aromatic N) is 2. The zero-order valence-corrected chi connectivity index (χ0v) is 17.1. The van der Waals surface area contributed by atoms with E-state index in [4.69, 9.17) is 0 Å². The molecule has 154 valence electrons. The lowest BCUT2D eigenvalue weighted by atomic mass is 10.1. The largest absolute Gasteiger partial charge is 0.356 e. The Morgan fingerprint density at radius 2 is 1.93 bits per heavy atom. The monoisotopic (exact) mass is 424 g/mol. The molecule has 2 aromatic carbocycles. The molecule has 9 heteroatoms. The predicted molar refractivity (Wildman–Crippen MR) is 116 cm³/mol. The van der Waals surface area contributed by atoms with Crippen molar-refractivity contribution >= 4 is 34.0 Å². The van der Waals surface area contributed by atoms with E-state index in [2.05, 4.69) is 15.6 Å². The first-order chi connectivity index (χ1) is 14.4. The van der Waals surface area contributed by atoms with Crippen LogP contribution in [0.15, 0.2) is 53.9 Å². The molecule has 3 rings (SSSR count). The highest BCUT2D eigenvalue weighted by Crippen LogP contribution is 2.26. The fourth-order valence-corrected chi connectivity index (χ4v) is 3.51. The van der Waals surface area contributed by atoms with Gasteiger partial charge in [0.15, 0.2) is 5.13 Å². The van der Waals surface area contributed by atoms with Gasteiger partial charge in [0.1, 0.15) is 0 Å².